The molecule has 8 atom stereocenters. The molecule has 0 aromatic heterocycles. The molecule has 2 fully saturated rings. The zero-order chi connectivity index (χ0) is 21.4. The predicted octanol–water partition coefficient (Wildman–Crippen LogP) is -0.670. The summed E-state index contributed by atoms with van der Waals surface area (Å²) in [5.74, 6) is 0.0192. The number of rotatable bonds is 11. The van der Waals surface area contributed by atoms with E-state index in [-0.39, 0.29) is 31.1 Å². The molecule has 0 aromatic carbocycles. The summed E-state index contributed by atoms with van der Waals surface area (Å²) in [6, 6.07) is -0.0436. The fourth-order valence-electron chi connectivity index (χ4n) is 3.99. The van der Waals surface area contributed by atoms with Crippen LogP contribution in [0.4, 0.5) is 0 Å². The topological polar surface area (TPSA) is 130 Å². The lowest BCUT2D eigenvalue weighted by atomic mass is 10.0. The summed E-state index contributed by atoms with van der Waals surface area (Å²) in [5, 5.41) is 42.3. The van der Waals surface area contributed by atoms with E-state index in [0.29, 0.717) is 19.6 Å². The molecule has 1 aliphatic carbocycles. The normalized spacial score (nSPS) is 37.6. The van der Waals surface area contributed by atoms with Gasteiger partial charge in [-0.1, -0.05) is 12.2 Å². The Balaban J connectivity index is 1.63. The van der Waals surface area contributed by atoms with Crippen LogP contribution in [0.1, 0.15) is 32.1 Å². The Morgan fingerprint density at radius 1 is 1.14 bits per heavy atom. The van der Waals surface area contributed by atoms with E-state index in [1.165, 1.54) is 0 Å². The molecule has 10 heteroatoms. The van der Waals surface area contributed by atoms with Gasteiger partial charge in [-0.2, -0.15) is 0 Å². The summed E-state index contributed by atoms with van der Waals surface area (Å²) in [5.41, 5.74) is 0. The van der Waals surface area contributed by atoms with Crippen LogP contribution < -0.4 is 5.32 Å². The smallest absolute Gasteiger partial charge is 0.160 e. The highest BCUT2D eigenvalue weighted by molar-refractivity contribution is 7.80. The summed E-state index contributed by atoms with van der Waals surface area (Å²) in [7, 11) is 3.20. The molecule has 0 radical (unpaired) electrons. The quantitative estimate of drug-likeness (QED) is 0.210. The molecule has 1 heterocycles. The van der Waals surface area contributed by atoms with Crippen LogP contribution in [-0.4, -0.2) is 102 Å². The first-order valence-electron chi connectivity index (χ1n) is 10.1. The van der Waals surface area contributed by atoms with Gasteiger partial charge in [-0.3, -0.25) is 0 Å². The van der Waals surface area contributed by atoms with E-state index < -0.39 is 30.7 Å². The van der Waals surface area contributed by atoms with E-state index in [9.17, 15) is 20.4 Å². The summed E-state index contributed by atoms with van der Waals surface area (Å²) in [4.78, 5) is 0.718. The van der Waals surface area contributed by atoms with E-state index in [1.807, 2.05) is 0 Å². The SMILES string of the molecule is COCC1C[C@H](NC(=S)CCCCOC2CC(O)C(O)C(CO)O2)C(OC)C1O. The first-order chi connectivity index (χ1) is 13.9. The van der Waals surface area contributed by atoms with Gasteiger partial charge in [0.05, 0.1) is 36.5 Å². The van der Waals surface area contributed by atoms with Gasteiger partial charge in [0.2, 0.25) is 0 Å². The fraction of sp³-hybridized carbons (Fsp3) is 0.947. The van der Waals surface area contributed by atoms with Crippen molar-refractivity contribution in [1.29, 1.82) is 0 Å². The van der Waals surface area contributed by atoms with Crippen LogP contribution in [0.2, 0.25) is 0 Å². The molecular weight excluding hydrogens is 402 g/mol. The molecule has 0 bridgehead atoms. The van der Waals surface area contributed by atoms with Crippen molar-refractivity contribution in [3.8, 4) is 0 Å². The maximum atomic E-state index is 10.3. The lowest BCUT2D eigenvalue weighted by Gasteiger charge is -2.36. The molecule has 0 amide bonds. The predicted molar refractivity (Wildman–Crippen MR) is 108 cm³/mol. The molecule has 1 aliphatic heterocycles. The molecule has 7 unspecified atom stereocenters. The molecule has 2 aliphatic rings. The molecule has 5 N–H and O–H groups in total. The van der Waals surface area contributed by atoms with E-state index in [1.54, 1.807) is 14.2 Å². The maximum absolute atomic E-state index is 10.3. The average molecular weight is 438 g/mol. The number of ether oxygens (including phenoxy) is 4. The zero-order valence-corrected chi connectivity index (χ0v) is 17.9. The Hall–Kier alpha value is -0.430. The van der Waals surface area contributed by atoms with Crippen LogP contribution in [0.3, 0.4) is 0 Å². The summed E-state index contributed by atoms with van der Waals surface area (Å²) < 4.78 is 21.6. The standard InChI is InChI=1S/C19H35NO8S/c1-25-10-11-7-12(19(26-2)17(11)23)20-15(29)5-3-4-6-27-16-8-13(22)18(24)14(9-21)28-16/h11-14,16-19,21-24H,3-10H2,1-2H3,(H,20,29)/t11?,12-,13?,14?,16?,17?,18?,19?/m0/s1. The van der Waals surface area contributed by atoms with Gasteiger partial charge in [0.15, 0.2) is 6.29 Å². The van der Waals surface area contributed by atoms with E-state index in [4.69, 9.17) is 31.2 Å². The van der Waals surface area contributed by atoms with Crippen molar-refractivity contribution < 1.29 is 39.4 Å². The number of hydrogen-bond donors (Lipinski definition) is 5. The minimum atomic E-state index is -1.10. The lowest BCUT2D eigenvalue weighted by molar-refractivity contribution is -0.256. The van der Waals surface area contributed by atoms with Gasteiger partial charge in [0, 0.05) is 33.2 Å². The average Bonchev–Trinajstić information content (AvgIpc) is 2.98. The first kappa shape index (κ1) is 24.8. The van der Waals surface area contributed by atoms with Crippen molar-refractivity contribution in [1.82, 2.24) is 5.32 Å². The number of aliphatic hydroxyl groups excluding tert-OH is 4. The van der Waals surface area contributed by atoms with Gasteiger partial charge < -0.3 is 44.7 Å². The second-order valence-corrected chi connectivity index (χ2v) is 8.22. The van der Waals surface area contributed by atoms with Gasteiger partial charge in [0.1, 0.15) is 18.3 Å². The van der Waals surface area contributed by atoms with Crippen LogP contribution >= 0.6 is 12.2 Å². The van der Waals surface area contributed by atoms with Crippen LogP contribution in [0, 0.1) is 5.92 Å². The molecule has 0 spiro atoms. The van der Waals surface area contributed by atoms with E-state index in [0.717, 1.165) is 24.3 Å². The number of hydrogen-bond acceptors (Lipinski definition) is 9. The molecule has 1 saturated carbocycles. The second kappa shape index (κ2) is 12.4. The van der Waals surface area contributed by atoms with Crippen molar-refractivity contribution in [3.05, 3.63) is 0 Å². The molecular formula is C19H35NO8S. The number of unbranched alkanes of at least 4 members (excludes halogenated alkanes) is 1. The summed E-state index contributed by atoms with van der Waals surface area (Å²) in [6.45, 7) is 0.532. The Morgan fingerprint density at radius 2 is 1.90 bits per heavy atom. The van der Waals surface area contributed by atoms with Crippen molar-refractivity contribution in [2.45, 2.75) is 75.0 Å². The Morgan fingerprint density at radius 3 is 2.55 bits per heavy atom. The Kier molecular flexibility index (Phi) is 10.6. The highest BCUT2D eigenvalue weighted by Crippen LogP contribution is 2.29. The highest BCUT2D eigenvalue weighted by Gasteiger charge is 2.43. The summed E-state index contributed by atoms with van der Waals surface area (Å²) >= 11 is 5.43. The third kappa shape index (κ3) is 7.05. The van der Waals surface area contributed by atoms with Gasteiger partial charge in [-0.15, -0.1) is 0 Å². The highest BCUT2D eigenvalue weighted by atomic mass is 32.1. The minimum Gasteiger partial charge on any atom is -0.394 e. The Labute approximate surface area is 177 Å². The Bertz CT molecular complexity index is 499. The van der Waals surface area contributed by atoms with E-state index >= 15 is 0 Å². The number of nitrogens with one attached hydrogen (secondary N) is 1. The molecule has 0 aromatic rings. The summed E-state index contributed by atoms with van der Waals surface area (Å²) in [6.07, 6.45) is -1.31. The number of methoxy groups -OCH3 is 2. The third-order valence-corrected chi connectivity index (χ3v) is 5.91. The van der Waals surface area contributed by atoms with Crippen molar-refractivity contribution in [3.63, 3.8) is 0 Å². The molecule has 1 saturated heterocycles. The number of aliphatic hydroxyl groups is 4. The van der Waals surface area contributed by atoms with Crippen LogP contribution in [0.15, 0.2) is 0 Å². The fourth-order valence-corrected chi connectivity index (χ4v) is 4.28. The largest absolute Gasteiger partial charge is 0.394 e. The molecule has 9 nitrogen and oxygen atoms in total. The van der Waals surface area contributed by atoms with Gasteiger partial charge >= 0.3 is 0 Å². The van der Waals surface area contributed by atoms with Gasteiger partial charge in [-0.05, 0) is 25.7 Å². The monoisotopic (exact) mass is 437 g/mol. The van der Waals surface area contributed by atoms with Gasteiger partial charge in [-0.25, -0.2) is 0 Å². The van der Waals surface area contributed by atoms with Crippen LogP contribution in [0.5, 0.6) is 0 Å². The first-order valence-corrected chi connectivity index (χ1v) is 10.5. The maximum Gasteiger partial charge on any atom is 0.160 e. The molecule has 29 heavy (non-hydrogen) atoms. The minimum absolute atomic E-state index is 0.0192. The van der Waals surface area contributed by atoms with Crippen molar-refractivity contribution in [2.24, 2.45) is 5.92 Å². The lowest BCUT2D eigenvalue weighted by Crippen LogP contribution is -2.50. The van der Waals surface area contributed by atoms with Crippen molar-refractivity contribution >= 4 is 17.2 Å². The molecule has 2 rings (SSSR count). The van der Waals surface area contributed by atoms with Crippen LogP contribution in [0.25, 0.3) is 0 Å². The zero-order valence-electron chi connectivity index (χ0n) is 17.1. The molecule has 170 valence electrons. The van der Waals surface area contributed by atoms with Crippen molar-refractivity contribution in [2.75, 3.05) is 34.0 Å². The van der Waals surface area contributed by atoms with Gasteiger partial charge in [0.25, 0.3) is 0 Å². The van der Waals surface area contributed by atoms with E-state index in [2.05, 4.69) is 5.32 Å². The second-order valence-electron chi connectivity index (χ2n) is 7.72. The number of thiocarbonyl (C=S) groups is 1. The van der Waals surface area contributed by atoms with Crippen LogP contribution in [-0.2, 0) is 18.9 Å². The third-order valence-electron chi connectivity index (χ3n) is 5.59.